The van der Waals surface area contributed by atoms with Gasteiger partial charge in [0.05, 0.1) is 22.4 Å². The van der Waals surface area contributed by atoms with E-state index < -0.39 is 17.8 Å². The number of alkyl halides is 3. The summed E-state index contributed by atoms with van der Waals surface area (Å²) >= 11 is 5.84. The lowest BCUT2D eigenvalue weighted by atomic mass is 10.2. The number of ether oxygens (including phenoxy) is 1. The van der Waals surface area contributed by atoms with Gasteiger partial charge in [-0.15, -0.1) is 0 Å². The van der Waals surface area contributed by atoms with E-state index in [9.17, 15) is 18.0 Å². The van der Waals surface area contributed by atoms with Crippen molar-refractivity contribution in [3.63, 3.8) is 0 Å². The molecule has 0 spiro atoms. The van der Waals surface area contributed by atoms with E-state index in [0.29, 0.717) is 11.4 Å². The van der Waals surface area contributed by atoms with Crippen LogP contribution in [0.3, 0.4) is 0 Å². The molecule has 4 nitrogen and oxygen atoms in total. The lowest BCUT2D eigenvalue weighted by Crippen LogP contribution is -2.20. The van der Waals surface area contributed by atoms with Gasteiger partial charge in [-0.25, -0.2) is 4.79 Å². The Balaban J connectivity index is 2.05. The first-order chi connectivity index (χ1) is 11.6. The molecule has 2 aromatic carbocycles. The van der Waals surface area contributed by atoms with E-state index in [2.05, 4.69) is 10.6 Å². The van der Waals surface area contributed by atoms with Gasteiger partial charge in [0, 0.05) is 5.69 Å². The normalized spacial score (nSPS) is 11.3. The van der Waals surface area contributed by atoms with Crippen LogP contribution in [0.2, 0.25) is 5.02 Å². The van der Waals surface area contributed by atoms with Crippen LogP contribution < -0.4 is 15.4 Å². The first-order valence-electron chi connectivity index (χ1n) is 7.36. The molecule has 2 aromatic rings. The average Bonchev–Trinajstić information content (AvgIpc) is 2.50. The van der Waals surface area contributed by atoms with Crippen molar-refractivity contribution >= 4 is 29.0 Å². The predicted octanol–water partition coefficient (Wildman–Crippen LogP) is 5.79. The van der Waals surface area contributed by atoms with Gasteiger partial charge in [0.25, 0.3) is 0 Å². The zero-order chi connectivity index (χ0) is 18.6. The molecule has 0 saturated carbocycles. The maximum atomic E-state index is 12.7. The molecule has 2 rings (SSSR count). The van der Waals surface area contributed by atoms with Crippen molar-refractivity contribution in [2.45, 2.75) is 26.1 Å². The molecule has 134 valence electrons. The Morgan fingerprint density at radius 3 is 2.28 bits per heavy atom. The minimum absolute atomic E-state index is 0.00355. The zero-order valence-electron chi connectivity index (χ0n) is 13.4. The van der Waals surface area contributed by atoms with Crippen molar-refractivity contribution in [3.05, 3.63) is 53.1 Å². The number of hydrogen-bond donors (Lipinski definition) is 2. The van der Waals surface area contributed by atoms with Crippen LogP contribution >= 0.6 is 11.6 Å². The molecule has 0 aromatic heterocycles. The third-order valence-electron chi connectivity index (χ3n) is 3.03. The van der Waals surface area contributed by atoms with E-state index in [0.717, 1.165) is 18.2 Å². The largest absolute Gasteiger partial charge is 0.491 e. The molecule has 0 heterocycles. The van der Waals surface area contributed by atoms with Gasteiger partial charge >= 0.3 is 12.2 Å². The van der Waals surface area contributed by atoms with Crippen molar-refractivity contribution in [2.75, 3.05) is 10.6 Å². The molecule has 0 aliphatic rings. The summed E-state index contributed by atoms with van der Waals surface area (Å²) in [6.07, 6.45) is -4.51. The maximum absolute atomic E-state index is 12.7. The van der Waals surface area contributed by atoms with Gasteiger partial charge in [-0.05, 0) is 56.3 Å². The van der Waals surface area contributed by atoms with Gasteiger partial charge in [0.15, 0.2) is 0 Å². The third kappa shape index (κ3) is 5.56. The second-order valence-corrected chi connectivity index (χ2v) is 5.87. The minimum atomic E-state index is -4.52. The van der Waals surface area contributed by atoms with E-state index in [4.69, 9.17) is 16.3 Å². The summed E-state index contributed by atoms with van der Waals surface area (Å²) in [5.74, 6) is 0.641. The Hall–Kier alpha value is -2.41. The second-order valence-electron chi connectivity index (χ2n) is 5.46. The van der Waals surface area contributed by atoms with Gasteiger partial charge in [0.2, 0.25) is 0 Å². The fraction of sp³-hybridized carbons (Fsp3) is 0.235. The number of halogens is 4. The van der Waals surface area contributed by atoms with Crippen LogP contribution in [0.5, 0.6) is 5.75 Å². The zero-order valence-corrected chi connectivity index (χ0v) is 14.2. The summed E-state index contributed by atoms with van der Waals surface area (Å²) in [6.45, 7) is 3.77. The number of carbonyl (C=O) groups is 1. The van der Waals surface area contributed by atoms with E-state index in [1.165, 1.54) is 0 Å². The van der Waals surface area contributed by atoms with Crippen LogP contribution in [0, 0.1) is 0 Å². The molecule has 0 bridgehead atoms. The first-order valence-corrected chi connectivity index (χ1v) is 7.74. The third-order valence-corrected chi connectivity index (χ3v) is 3.36. The first kappa shape index (κ1) is 18.9. The summed E-state index contributed by atoms with van der Waals surface area (Å²) in [6, 6.07) is 8.58. The van der Waals surface area contributed by atoms with Crippen molar-refractivity contribution in [3.8, 4) is 5.75 Å². The molecule has 0 aliphatic carbocycles. The van der Waals surface area contributed by atoms with Gasteiger partial charge in [0.1, 0.15) is 5.75 Å². The SMILES string of the molecule is CC(C)Oc1ccc(NC(=O)Nc2cc(C(F)(F)F)ccc2Cl)cc1. The molecular formula is C17H16ClF3N2O2. The topological polar surface area (TPSA) is 50.4 Å². The van der Waals surface area contributed by atoms with Gasteiger partial charge in [-0.1, -0.05) is 11.6 Å². The van der Waals surface area contributed by atoms with Crippen LogP contribution in [0.25, 0.3) is 0 Å². The van der Waals surface area contributed by atoms with Crippen molar-refractivity contribution < 1.29 is 22.7 Å². The van der Waals surface area contributed by atoms with Gasteiger partial charge < -0.3 is 15.4 Å². The Kier molecular flexibility index (Phi) is 5.79. The Morgan fingerprint density at radius 1 is 1.08 bits per heavy atom. The molecule has 2 amide bonds. The maximum Gasteiger partial charge on any atom is 0.416 e. The average molecular weight is 373 g/mol. The van der Waals surface area contributed by atoms with Crippen LogP contribution in [-0.2, 0) is 6.18 Å². The summed E-state index contributed by atoms with van der Waals surface area (Å²) in [5.41, 5.74) is -0.576. The monoisotopic (exact) mass is 372 g/mol. The van der Waals surface area contributed by atoms with Crippen LogP contribution in [0.15, 0.2) is 42.5 Å². The number of urea groups is 1. The highest BCUT2D eigenvalue weighted by atomic mass is 35.5. The Morgan fingerprint density at radius 2 is 1.72 bits per heavy atom. The van der Waals surface area contributed by atoms with E-state index >= 15 is 0 Å². The number of nitrogens with one attached hydrogen (secondary N) is 2. The minimum Gasteiger partial charge on any atom is -0.491 e. The van der Waals surface area contributed by atoms with E-state index in [-0.39, 0.29) is 16.8 Å². The lowest BCUT2D eigenvalue weighted by Gasteiger charge is -2.13. The molecule has 0 saturated heterocycles. The molecular weight excluding hydrogens is 357 g/mol. The number of amides is 2. The molecule has 2 N–H and O–H groups in total. The number of benzene rings is 2. The fourth-order valence-electron chi connectivity index (χ4n) is 1.97. The summed E-state index contributed by atoms with van der Waals surface area (Å²) in [4.78, 5) is 12.0. The molecule has 0 fully saturated rings. The quantitative estimate of drug-likeness (QED) is 0.713. The van der Waals surface area contributed by atoms with Crippen molar-refractivity contribution in [1.82, 2.24) is 0 Å². The summed E-state index contributed by atoms with van der Waals surface area (Å²) < 4.78 is 43.7. The molecule has 0 unspecified atom stereocenters. The number of hydrogen-bond acceptors (Lipinski definition) is 2. The molecule has 0 aliphatic heterocycles. The predicted molar refractivity (Wildman–Crippen MR) is 91.3 cm³/mol. The van der Waals surface area contributed by atoms with E-state index in [1.54, 1.807) is 24.3 Å². The van der Waals surface area contributed by atoms with Gasteiger partial charge in [-0.2, -0.15) is 13.2 Å². The highest BCUT2D eigenvalue weighted by Gasteiger charge is 2.31. The van der Waals surface area contributed by atoms with Crippen LogP contribution in [0.1, 0.15) is 19.4 Å². The summed E-state index contributed by atoms with van der Waals surface area (Å²) in [7, 11) is 0. The summed E-state index contributed by atoms with van der Waals surface area (Å²) in [5, 5.41) is 4.82. The van der Waals surface area contributed by atoms with E-state index in [1.807, 2.05) is 13.8 Å². The molecule has 8 heteroatoms. The number of carbonyl (C=O) groups excluding carboxylic acids is 1. The van der Waals surface area contributed by atoms with Crippen molar-refractivity contribution in [1.29, 1.82) is 0 Å². The smallest absolute Gasteiger partial charge is 0.416 e. The highest BCUT2D eigenvalue weighted by molar-refractivity contribution is 6.33. The lowest BCUT2D eigenvalue weighted by molar-refractivity contribution is -0.137. The molecule has 0 radical (unpaired) electrons. The second kappa shape index (κ2) is 7.65. The molecule has 25 heavy (non-hydrogen) atoms. The van der Waals surface area contributed by atoms with Crippen LogP contribution in [0.4, 0.5) is 29.3 Å². The molecule has 0 atom stereocenters. The van der Waals surface area contributed by atoms with Crippen LogP contribution in [-0.4, -0.2) is 12.1 Å². The Labute approximate surface area is 147 Å². The standard InChI is InChI=1S/C17H16ClF3N2O2/c1-10(2)25-13-6-4-12(5-7-13)22-16(24)23-15-9-11(17(19,20)21)3-8-14(15)18/h3-10H,1-2H3,(H2,22,23,24). The Bertz CT molecular complexity index is 747. The fourth-order valence-corrected chi connectivity index (χ4v) is 2.14. The number of rotatable bonds is 4. The van der Waals surface area contributed by atoms with Crippen molar-refractivity contribution in [2.24, 2.45) is 0 Å². The van der Waals surface area contributed by atoms with Gasteiger partial charge in [-0.3, -0.25) is 0 Å². The number of anilines is 2. The highest BCUT2D eigenvalue weighted by Crippen LogP contribution is 2.33.